The zero-order valence-electron chi connectivity index (χ0n) is 9.89. The molecule has 1 saturated heterocycles. The number of amides is 1. The van der Waals surface area contributed by atoms with E-state index < -0.39 is 5.60 Å². The molecule has 84 valence electrons. The molecule has 0 aliphatic carbocycles. The molecular weight excluding hydrogens is 190 g/mol. The van der Waals surface area contributed by atoms with Gasteiger partial charge in [0, 0.05) is 0 Å². The van der Waals surface area contributed by atoms with Gasteiger partial charge in [0.25, 0.3) is 5.91 Å². The highest BCUT2D eigenvalue weighted by Gasteiger charge is 2.35. The Hall–Kier alpha value is -1.51. The first-order valence-corrected chi connectivity index (χ1v) is 5.00. The van der Waals surface area contributed by atoms with Crippen molar-refractivity contribution in [3.05, 3.63) is 36.8 Å². The van der Waals surface area contributed by atoms with Crippen LogP contribution < -0.4 is 5.32 Å². The van der Waals surface area contributed by atoms with Crippen LogP contribution in [0.15, 0.2) is 36.8 Å². The molecule has 0 unspecified atom stereocenters. The van der Waals surface area contributed by atoms with E-state index in [1.807, 2.05) is 13.8 Å². The number of rotatable bonds is 1. The van der Waals surface area contributed by atoms with Crippen molar-refractivity contribution in [2.24, 2.45) is 0 Å². The Balaban J connectivity index is 0.000000921. The number of hydrogen-bond donors (Lipinski definition) is 1. The molecule has 1 rings (SSSR count). The van der Waals surface area contributed by atoms with Crippen LogP contribution in [0.1, 0.15) is 27.7 Å². The average Bonchev–Trinajstić information content (AvgIpc) is 2.17. The van der Waals surface area contributed by atoms with Gasteiger partial charge in [0.2, 0.25) is 0 Å². The maximum atomic E-state index is 11.4. The number of ether oxygens (including phenoxy) is 1. The molecule has 1 aliphatic rings. The number of nitrogens with one attached hydrogen (secondary N) is 1. The van der Waals surface area contributed by atoms with Gasteiger partial charge < -0.3 is 10.1 Å². The first-order chi connectivity index (χ1) is 6.97. The zero-order valence-corrected chi connectivity index (χ0v) is 9.89. The van der Waals surface area contributed by atoms with E-state index in [9.17, 15) is 4.79 Å². The van der Waals surface area contributed by atoms with Crippen molar-refractivity contribution in [2.45, 2.75) is 33.3 Å². The largest absolute Gasteiger partial charge is 0.476 e. The maximum absolute atomic E-state index is 11.4. The lowest BCUT2D eigenvalue weighted by Gasteiger charge is -2.32. The van der Waals surface area contributed by atoms with E-state index >= 15 is 0 Å². The first kappa shape index (κ1) is 13.5. The smallest absolute Gasteiger partial charge is 0.268 e. The minimum Gasteiger partial charge on any atom is -0.476 e. The Labute approximate surface area is 91.5 Å². The van der Waals surface area contributed by atoms with Crippen LogP contribution in [-0.2, 0) is 9.53 Å². The topological polar surface area (TPSA) is 38.3 Å². The van der Waals surface area contributed by atoms with Crippen molar-refractivity contribution < 1.29 is 9.53 Å². The van der Waals surface area contributed by atoms with Crippen molar-refractivity contribution >= 4 is 5.91 Å². The van der Waals surface area contributed by atoms with Gasteiger partial charge in [-0.2, -0.15) is 0 Å². The molecule has 15 heavy (non-hydrogen) atoms. The molecule has 0 radical (unpaired) electrons. The second-order valence-electron chi connectivity index (χ2n) is 3.31. The lowest BCUT2D eigenvalue weighted by atomic mass is 10.1. The summed E-state index contributed by atoms with van der Waals surface area (Å²) < 4.78 is 5.33. The number of carbonyl (C=O) groups excluding carboxylic acids is 1. The van der Waals surface area contributed by atoms with Crippen molar-refractivity contribution in [1.82, 2.24) is 5.32 Å². The van der Waals surface area contributed by atoms with Crippen molar-refractivity contribution in [1.29, 1.82) is 0 Å². The normalized spacial score (nSPS) is 20.9. The molecule has 3 heteroatoms. The summed E-state index contributed by atoms with van der Waals surface area (Å²) in [6.45, 7) is 14.6. The number of allylic oxidation sites excluding steroid dienone is 2. The summed E-state index contributed by atoms with van der Waals surface area (Å²) in [4.78, 5) is 11.4. The van der Waals surface area contributed by atoms with E-state index in [-0.39, 0.29) is 5.91 Å². The van der Waals surface area contributed by atoms with Crippen LogP contribution in [0.5, 0.6) is 0 Å². The molecule has 1 fully saturated rings. The second kappa shape index (κ2) is 5.39. The molecule has 3 nitrogen and oxygen atoms in total. The summed E-state index contributed by atoms with van der Waals surface area (Å²) in [6, 6.07) is 0. The quantitative estimate of drug-likeness (QED) is 0.720. The van der Waals surface area contributed by atoms with Gasteiger partial charge in [-0.1, -0.05) is 33.1 Å². The Morgan fingerprint density at radius 2 is 1.93 bits per heavy atom. The Kier molecular flexibility index (Phi) is 4.85. The lowest BCUT2D eigenvalue weighted by molar-refractivity contribution is -0.140. The first-order valence-electron chi connectivity index (χ1n) is 5.00. The predicted molar refractivity (Wildman–Crippen MR) is 62.1 cm³/mol. The monoisotopic (exact) mass is 209 g/mol. The summed E-state index contributed by atoms with van der Waals surface area (Å²) in [5.41, 5.74) is -0.269. The molecule has 0 aromatic heterocycles. The third-order valence-electron chi connectivity index (χ3n) is 1.76. The summed E-state index contributed by atoms with van der Waals surface area (Å²) in [7, 11) is 0. The number of carbonyl (C=O) groups is 1. The van der Waals surface area contributed by atoms with Gasteiger partial charge in [0.15, 0.2) is 5.60 Å². The van der Waals surface area contributed by atoms with Crippen LogP contribution in [0.3, 0.4) is 0 Å². The molecule has 0 atom stereocenters. The van der Waals surface area contributed by atoms with E-state index in [2.05, 4.69) is 18.5 Å². The van der Waals surface area contributed by atoms with Gasteiger partial charge in [0.1, 0.15) is 5.76 Å². The van der Waals surface area contributed by atoms with Crippen molar-refractivity contribution in [2.75, 3.05) is 0 Å². The molecule has 1 aliphatic heterocycles. The lowest BCUT2D eigenvalue weighted by Crippen LogP contribution is -2.48. The van der Waals surface area contributed by atoms with Gasteiger partial charge in [0.05, 0.1) is 5.70 Å². The summed E-state index contributed by atoms with van der Waals surface area (Å²) >= 11 is 0. The fourth-order valence-electron chi connectivity index (χ4n) is 1.00. The third kappa shape index (κ3) is 3.27. The van der Waals surface area contributed by atoms with Crippen LogP contribution in [0.25, 0.3) is 0 Å². The minimum absolute atomic E-state index is 0.173. The highest BCUT2D eigenvalue weighted by atomic mass is 16.5. The van der Waals surface area contributed by atoms with E-state index in [0.29, 0.717) is 11.5 Å². The molecule has 1 N–H and O–H groups in total. The molecule has 0 bridgehead atoms. The Morgan fingerprint density at radius 1 is 1.40 bits per heavy atom. The molecule has 0 saturated carbocycles. The van der Waals surface area contributed by atoms with Crippen LogP contribution in [0.2, 0.25) is 0 Å². The highest BCUT2D eigenvalue weighted by molar-refractivity contribution is 5.87. The Morgan fingerprint density at radius 3 is 2.40 bits per heavy atom. The van der Waals surface area contributed by atoms with E-state index in [1.54, 1.807) is 26.0 Å². The van der Waals surface area contributed by atoms with Crippen molar-refractivity contribution in [3.63, 3.8) is 0 Å². The third-order valence-corrected chi connectivity index (χ3v) is 1.76. The summed E-state index contributed by atoms with van der Waals surface area (Å²) in [5, 5.41) is 2.68. The predicted octanol–water partition coefficient (Wildman–Crippen LogP) is 2.52. The van der Waals surface area contributed by atoms with Gasteiger partial charge in [-0.15, -0.1) is 0 Å². The number of hydrogen-bond acceptors (Lipinski definition) is 2. The van der Waals surface area contributed by atoms with E-state index in [4.69, 9.17) is 4.74 Å². The van der Waals surface area contributed by atoms with Crippen LogP contribution in [0.4, 0.5) is 0 Å². The molecule has 0 aromatic rings. The van der Waals surface area contributed by atoms with Gasteiger partial charge in [-0.05, 0) is 19.9 Å². The number of morpholine rings is 1. The highest BCUT2D eigenvalue weighted by Crippen LogP contribution is 2.23. The van der Waals surface area contributed by atoms with Crippen molar-refractivity contribution in [3.8, 4) is 0 Å². The van der Waals surface area contributed by atoms with E-state index in [0.717, 1.165) is 0 Å². The van der Waals surface area contributed by atoms with Gasteiger partial charge in [-0.25, -0.2) is 0 Å². The van der Waals surface area contributed by atoms with Crippen LogP contribution >= 0.6 is 0 Å². The SMILES string of the molecule is C=C/C=C1/NC(=O)C(C)(C)OC1=C.CC. The summed E-state index contributed by atoms with van der Waals surface area (Å²) in [5.74, 6) is 0.289. The maximum Gasteiger partial charge on any atom is 0.268 e. The Bertz CT molecular complexity index is 301. The van der Waals surface area contributed by atoms with E-state index in [1.165, 1.54) is 0 Å². The fourth-order valence-corrected chi connectivity index (χ4v) is 1.00. The average molecular weight is 209 g/mol. The summed E-state index contributed by atoms with van der Waals surface area (Å²) in [6.07, 6.45) is 3.22. The molecular formula is C12H19NO2. The van der Waals surface area contributed by atoms with Gasteiger partial charge in [-0.3, -0.25) is 4.79 Å². The second-order valence-corrected chi connectivity index (χ2v) is 3.31. The van der Waals surface area contributed by atoms with Gasteiger partial charge >= 0.3 is 0 Å². The minimum atomic E-state index is -0.838. The zero-order chi connectivity index (χ0) is 12.1. The molecule has 0 spiro atoms. The molecule has 1 amide bonds. The van der Waals surface area contributed by atoms with Crippen LogP contribution in [-0.4, -0.2) is 11.5 Å². The fraction of sp³-hybridized carbons (Fsp3) is 0.417. The molecule has 0 aromatic carbocycles. The standard InChI is InChI=1S/C10H13NO2.C2H6/c1-5-6-8-7(2)13-10(3,4)9(12)11-8;1-2/h5-6H,1-2H2,3-4H3,(H,11,12);1-2H3/b8-6+;. The van der Waals surface area contributed by atoms with Crippen LogP contribution in [0, 0.1) is 0 Å². The molecule has 1 heterocycles.